The van der Waals surface area contributed by atoms with Crippen LogP contribution in [-0.2, 0) is 7.05 Å². The fourth-order valence-electron chi connectivity index (χ4n) is 2.44. The van der Waals surface area contributed by atoms with Crippen LogP contribution in [0.25, 0.3) is 16.6 Å². The number of carbonyl (C=O) groups is 1. The molecule has 0 aliphatic heterocycles. The minimum atomic E-state index is -0.449. The summed E-state index contributed by atoms with van der Waals surface area (Å²) in [5.41, 5.74) is 1.23. The van der Waals surface area contributed by atoms with Crippen LogP contribution in [0.15, 0.2) is 51.2 Å². The van der Waals surface area contributed by atoms with E-state index in [2.05, 4.69) is 20.5 Å². The SMILES string of the molecule is Cc1cc(NC(=O)c2ccc(=O)n(C)n2)n(-c2nc(-c3ccco3)cs2)n1. The van der Waals surface area contributed by atoms with Crippen LogP contribution in [0.4, 0.5) is 5.82 Å². The van der Waals surface area contributed by atoms with Gasteiger partial charge in [-0.05, 0) is 25.1 Å². The second kappa shape index (κ2) is 6.65. The van der Waals surface area contributed by atoms with Gasteiger partial charge in [0.2, 0.25) is 5.13 Å². The van der Waals surface area contributed by atoms with E-state index in [-0.39, 0.29) is 11.3 Å². The molecule has 0 fully saturated rings. The van der Waals surface area contributed by atoms with Crippen molar-refractivity contribution in [2.45, 2.75) is 6.92 Å². The highest BCUT2D eigenvalue weighted by atomic mass is 32.1. The highest BCUT2D eigenvalue weighted by Crippen LogP contribution is 2.26. The van der Waals surface area contributed by atoms with E-state index in [1.807, 2.05) is 18.4 Å². The summed E-state index contributed by atoms with van der Waals surface area (Å²) in [5.74, 6) is 0.657. The Morgan fingerprint density at radius 2 is 2.11 bits per heavy atom. The number of aryl methyl sites for hydroxylation is 2. The average molecular weight is 382 g/mol. The maximum atomic E-state index is 12.5. The highest BCUT2D eigenvalue weighted by molar-refractivity contribution is 7.12. The third-order valence-electron chi connectivity index (χ3n) is 3.71. The van der Waals surface area contributed by atoms with Gasteiger partial charge >= 0.3 is 0 Å². The molecular weight excluding hydrogens is 368 g/mol. The largest absolute Gasteiger partial charge is 0.463 e. The van der Waals surface area contributed by atoms with E-state index in [1.165, 1.54) is 30.5 Å². The molecule has 0 unspecified atom stereocenters. The number of aromatic nitrogens is 5. The Hall–Kier alpha value is -3.53. The molecule has 0 bridgehead atoms. The van der Waals surface area contributed by atoms with Gasteiger partial charge in [-0.3, -0.25) is 9.59 Å². The molecule has 1 N–H and O–H groups in total. The molecule has 0 saturated heterocycles. The van der Waals surface area contributed by atoms with E-state index >= 15 is 0 Å². The second-order valence-electron chi connectivity index (χ2n) is 5.71. The van der Waals surface area contributed by atoms with Gasteiger partial charge in [0.15, 0.2) is 5.76 Å². The quantitative estimate of drug-likeness (QED) is 0.580. The maximum Gasteiger partial charge on any atom is 0.277 e. The molecule has 0 aliphatic rings. The molecule has 4 rings (SSSR count). The van der Waals surface area contributed by atoms with Gasteiger partial charge in [-0.1, -0.05) is 0 Å². The van der Waals surface area contributed by atoms with Crippen LogP contribution in [0.3, 0.4) is 0 Å². The standard InChI is InChI=1S/C17H14N6O3S/c1-10-8-14(19-16(25)11-5-6-15(24)22(2)21-11)23(20-10)17-18-12(9-27-17)13-4-3-7-26-13/h3-9H,1-2H3,(H,19,25). The maximum absolute atomic E-state index is 12.5. The van der Waals surface area contributed by atoms with Crippen molar-refractivity contribution in [3.63, 3.8) is 0 Å². The van der Waals surface area contributed by atoms with Gasteiger partial charge in [-0.25, -0.2) is 9.67 Å². The van der Waals surface area contributed by atoms with Crippen LogP contribution in [0.5, 0.6) is 0 Å². The lowest BCUT2D eigenvalue weighted by Crippen LogP contribution is -2.24. The van der Waals surface area contributed by atoms with Gasteiger partial charge < -0.3 is 9.73 Å². The number of rotatable bonds is 4. The Balaban J connectivity index is 1.64. The normalized spacial score (nSPS) is 10.9. The fraction of sp³-hybridized carbons (Fsp3) is 0.118. The first-order chi connectivity index (χ1) is 13.0. The molecule has 0 spiro atoms. The predicted molar refractivity (Wildman–Crippen MR) is 99.1 cm³/mol. The molecule has 10 heteroatoms. The Morgan fingerprint density at radius 1 is 1.26 bits per heavy atom. The molecular formula is C17H14N6O3S. The smallest absolute Gasteiger partial charge is 0.277 e. The number of furan rings is 1. The number of hydrogen-bond acceptors (Lipinski definition) is 7. The molecule has 0 saturated carbocycles. The van der Waals surface area contributed by atoms with Gasteiger partial charge in [0.25, 0.3) is 11.5 Å². The Kier molecular flexibility index (Phi) is 4.16. The lowest BCUT2D eigenvalue weighted by atomic mass is 10.3. The summed E-state index contributed by atoms with van der Waals surface area (Å²) in [5, 5.41) is 13.5. The second-order valence-corrected chi connectivity index (χ2v) is 6.55. The molecule has 1 amide bonds. The average Bonchev–Trinajstić information content (AvgIpc) is 3.37. The van der Waals surface area contributed by atoms with Crippen LogP contribution in [0.2, 0.25) is 0 Å². The predicted octanol–water partition coefficient (Wildman–Crippen LogP) is 2.24. The van der Waals surface area contributed by atoms with E-state index in [9.17, 15) is 9.59 Å². The molecule has 0 atom stereocenters. The van der Waals surface area contributed by atoms with Crippen LogP contribution < -0.4 is 10.9 Å². The summed E-state index contributed by atoms with van der Waals surface area (Å²) in [4.78, 5) is 28.5. The number of nitrogens with zero attached hydrogens (tertiary/aromatic N) is 5. The van der Waals surface area contributed by atoms with E-state index in [1.54, 1.807) is 23.1 Å². The van der Waals surface area contributed by atoms with Crippen molar-refractivity contribution < 1.29 is 9.21 Å². The van der Waals surface area contributed by atoms with Crippen LogP contribution >= 0.6 is 11.3 Å². The van der Waals surface area contributed by atoms with Crippen LogP contribution in [0.1, 0.15) is 16.2 Å². The lowest BCUT2D eigenvalue weighted by Gasteiger charge is -2.06. The fourth-order valence-corrected chi connectivity index (χ4v) is 3.21. The minimum Gasteiger partial charge on any atom is -0.463 e. The van der Waals surface area contributed by atoms with Crippen LogP contribution in [0, 0.1) is 6.92 Å². The number of hydrogen-bond donors (Lipinski definition) is 1. The third kappa shape index (κ3) is 3.29. The lowest BCUT2D eigenvalue weighted by molar-refractivity contribution is 0.101. The summed E-state index contributed by atoms with van der Waals surface area (Å²) >= 11 is 1.37. The number of amides is 1. The molecule has 4 aromatic heterocycles. The molecule has 0 aromatic carbocycles. The van der Waals surface area contributed by atoms with Gasteiger partial charge in [0.05, 0.1) is 12.0 Å². The van der Waals surface area contributed by atoms with Crippen molar-refractivity contribution in [2.24, 2.45) is 7.05 Å². The van der Waals surface area contributed by atoms with Gasteiger partial charge in [-0.15, -0.1) is 11.3 Å². The van der Waals surface area contributed by atoms with E-state index in [4.69, 9.17) is 4.42 Å². The van der Waals surface area contributed by atoms with Gasteiger partial charge in [0.1, 0.15) is 17.2 Å². The van der Waals surface area contributed by atoms with Crippen molar-refractivity contribution >= 4 is 23.1 Å². The molecule has 0 radical (unpaired) electrons. The summed E-state index contributed by atoms with van der Waals surface area (Å²) in [6.07, 6.45) is 1.58. The first-order valence-electron chi connectivity index (χ1n) is 7.93. The summed E-state index contributed by atoms with van der Waals surface area (Å²) in [6, 6.07) is 8.01. The summed E-state index contributed by atoms with van der Waals surface area (Å²) in [6.45, 7) is 1.82. The minimum absolute atomic E-state index is 0.123. The number of thiazole rings is 1. The van der Waals surface area contributed by atoms with Crippen molar-refractivity contribution in [3.05, 3.63) is 63.7 Å². The zero-order valence-electron chi connectivity index (χ0n) is 14.4. The topological polar surface area (TPSA) is 108 Å². The Labute approximate surface area is 156 Å². The Bertz CT molecular complexity index is 1170. The molecule has 27 heavy (non-hydrogen) atoms. The highest BCUT2D eigenvalue weighted by Gasteiger charge is 2.17. The van der Waals surface area contributed by atoms with Crippen molar-refractivity contribution in [1.29, 1.82) is 0 Å². The number of carbonyl (C=O) groups excluding carboxylic acids is 1. The van der Waals surface area contributed by atoms with Crippen molar-refractivity contribution in [1.82, 2.24) is 24.5 Å². The molecule has 9 nitrogen and oxygen atoms in total. The first-order valence-corrected chi connectivity index (χ1v) is 8.81. The van der Waals surface area contributed by atoms with Crippen molar-refractivity contribution in [3.8, 4) is 16.6 Å². The third-order valence-corrected chi connectivity index (χ3v) is 4.53. The number of anilines is 1. The molecule has 0 aliphatic carbocycles. The van der Waals surface area contributed by atoms with Crippen molar-refractivity contribution in [2.75, 3.05) is 5.32 Å². The molecule has 4 heterocycles. The van der Waals surface area contributed by atoms with Gasteiger partial charge in [-0.2, -0.15) is 14.9 Å². The van der Waals surface area contributed by atoms with Crippen LogP contribution in [-0.4, -0.2) is 30.5 Å². The summed E-state index contributed by atoms with van der Waals surface area (Å²) < 4.78 is 8.01. The first kappa shape index (κ1) is 16.9. The monoisotopic (exact) mass is 382 g/mol. The zero-order valence-corrected chi connectivity index (χ0v) is 15.2. The van der Waals surface area contributed by atoms with E-state index in [0.29, 0.717) is 28.1 Å². The number of nitrogens with one attached hydrogen (secondary N) is 1. The van der Waals surface area contributed by atoms with E-state index in [0.717, 1.165) is 4.68 Å². The van der Waals surface area contributed by atoms with E-state index < -0.39 is 5.91 Å². The zero-order chi connectivity index (χ0) is 19.0. The Morgan fingerprint density at radius 3 is 2.85 bits per heavy atom. The molecule has 4 aromatic rings. The van der Waals surface area contributed by atoms with Gasteiger partial charge in [0, 0.05) is 24.6 Å². The summed E-state index contributed by atoms with van der Waals surface area (Å²) in [7, 11) is 1.49. The molecule has 136 valence electrons.